The number of aromatic nitrogens is 2. The van der Waals surface area contributed by atoms with E-state index in [9.17, 15) is 4.79 Å². The topological polar surface area (TPSA) is 46.9 Å². The molecule has 0 unspecified atom stereocenters. The molecule has 0 radical (unpaired) electrons. The van der Waals surface area contributed by atoms with Crippen LogP contribution in [0.25, 0.3) is 0 Å². The van der Waals surface area contributed by atoms with Gasteiger partial charge in [0.15, 0.2) is 0 Å². The summed E-state index contributed by atoms with van der Waals surface area (Å²) >= 11 is 6.37. The van der Waals surface area contributed by atoms with Crippen LogP contribution in [0.1, 0.15) is 49.7 Å². The minimum Gasteiger partial charge on any atom is -0.353 e. The number of benzene rings is 1. The molecular formula is C20H26ClN3O. The molecule has 4 nitrogen and oxygen atoms in total. The van der Waals surface area contributed by atoms with Gasteiger partial charge < -0.3 is 5.32 Å². The largest absolute Gasteiger partial charge is 0.353 e. The van der Waals surface area contributed by atoms with Crippen molar-refractivity contribution in [2.24, 2.45) is 5.92 Å². The highest BCUT2D eigenvalue weighted by molar-refractivity contribution is 6.31. The van der Waals surface area contributed by atoms with Crippen molar-refractivity contribution in [2.45, 2.75) is 52.0 Å². The first kappa shape index (κ1) is 18.0. The minimum absolute atomic E-state index is 0.00931. The van der Waals surface area contributed by atoms with E-state index in [1.807, 2.05) is 42.8 Å². The summed E-state index contributed by atoms with van der Waals surface area (Å²) in [5.74, 6) is 0.188. The number of nitrogens with one attached hydrogen (secondary N) is 1. The predicted molar refractivity (Wildman–Crippen MR) is 101 cm³/mol. The lowest BCUT2D eigenvalue weighted by Crippen LogP contribution is -2.40. The number of hydrogen-bond acceptors (Lipinski definition) is 2. The van der Waals surface area contributed by atoms with E-state index in [0.29, 0.717) is 6.54 Å². The Hall–Kier alpha value is -1.81. The van der Waals surface area contributed by atoms with Crippen molar-refractivity contribution in [1.82, 2.24) is 15.1 Å². The molecule has 0 saturated heterocycles. The molecule has 2 aromatic rings. The number of aryl methyl sites for hydroxylation is 2. The molecule has 1 aromatic heterocycles. The van der Waals surface area contributed by atoms with Crippen molar-refractivity contribution in [1.29, 1.82) is 0 Å². The van der Waals surface area contributed by atoms with Gasteiger partial charge in [0.25, 0.3) is 0 Å². The molecule has 1 amide bonds. The summed E-state index contributed by atoms with van der Waals surface area (Å²) in [6, 6.07) is 9.66. The van der Waals surface area contributed by atoms with Crippen LogP contribution in [-0.4, -0.2) is 22.2 Å². The molecule has 134 valence electrons. The zero-order valence-electron chi connectivity index (χ0n) is 15.3. The lowest BCUT2D eigenvalue weighted by atomic mass is 9.95. The second-order valence-electron chi connectivity index (χ2n) is 7.54. The number of halogens is 1. The van der Waals surface area contributed by atoms with Gasteiger partial charge in [0.05, 0.1) is 5.69 Å². The lowest BCUT2D eigenvalue weighted by Gasteiger charge is -2.24. The first-order valence-electron chi connectivity index (χ1n) is 8.89. The highest BCUT2D eigenvalue weighted by atomic mass is 35.5. The van der Waals surface area contributed by atoms with Gasteiger partial charge in [-0.05, 0) is 50.3 Å². The smallest absolute Gasteiger partial charge is 0.245 e. The highest BCUT2D eigenvalue weighted by Crippen LogP contribution is 2.49. The Balaban J connectivity index is 1.75. The standard InChI is InChI=1S/C20H26ClN3O/c1-13(2)18(24-15(4)11-14(3)23-24)19(25)22-12-20(9-10-20)16-7-5-6-8-17(16)21/h5-8,11,13,18H,9-10,12H2,1-4H3,(H,22,25)/t18-/m1/s1. The van der Waals surface area contributed by atoms with E-state index in [1.165, 1.54) is 0 Å². The molecule has 1 aliphatic rings. The van der Waals surface area contributed by atoms with Crippen molar-refractivity contribution in [3.05, 3.63) is 52.3 Å². The van der Waals surface area contributed by atoms with Gasteiger partial charge in [0.1, 0.15) is 6.04 Å². The molecule has 1 aromatic carbocycles. The van der Waals surface area contributed by atoms with Gasteiger partial charge in [-0.15, -0.1) is 0 Å². The Morgan fingerprint density at radius 2 is 2.00 bits per heavy atom. The number of carbonyl (C=O) groups excluding carboxylic acids is 1. The average Bonchev–Trinajstić information content (AvgIpc) is 3.26. The fourth-order valence-corrected chi connectivity index (χ4v) is 3.90. The Morgan fingerprint density at radius 1 is 1.32 bits per heavy atom. The molecule has 3 rings (SSSR count). The average molecular weight is 360 g/mol. The molecular weight excluding hydrogens is 334 g/mol. The second kappa shape index (κ2) is 6.83. The highest BCUT2D eigenvalue weighted by Gasteiger charge is 2.46. The molecule has 0 bridgehead atoms. The normalized spacial score (nSPS) is 16.7. The Kier molecular flexibility index (Phi) is 4.92. The van der Waals surface area contributed by atoms with Crippen LogP contribution >= 0.6 is 11.6 Å². The molecule has 0 aliphatic heterocycles. The zero-order valence-corrected chi connectivity index (χ0v) is 16.1. The van der Waals surface area contributed by atoms with Gasteiger partial charge in [-0.3, -0.25) is 9.48 Å². The number of nitrogens with zero attached hydrogens (tertiary/aromatic N) is 2. The molecule has 1 saturated carbocycles. The Labute approximate surface area is 154 Å². The van der Waals surface area contributed by atoms with Gasteiger partial charge in [-0.25, -0.2) is 0 Å². The third-order valence-corrected chi connectivity index (χ3v) is 5.44. The van der Waals surface area contributed by atoms with Crippen molar-refractivity contribution < 1.29 is 4.79 Å². The van der Waals surface area contributed by atoms with E-state index >= 15 is 0 Å². The van der Waals surface area contributed by atoms with Crippen LogP contribution in [0.4, 0.5) is 0 Å². The van der Waals surface area contributed by atoms with Gasteiger partial charge >= 0.3 is 0 Å². The van der Waals surface area contributed by atoms with Crippen molar-refractivity contribution >= 4 is 17.5 Å². The summed E-state index contributed by atoms with van der Waals surface area (Å²) < 4.78 is 1.85. The first-order valence-corrected chi connectivity index (χ1v) is 9.27. The third kappa shape index (κ3) is 3.59. The molecule has 1 heterocycles. The van der Waals surface area contributed by atoms with E-state index in [2.05, 4.69) is 30.3 Å². The van der Waals surface area contributed by atoms with Crippen LogP contribution in [0.3, 0.4) is 0 Å². The Morgan fingerprint density at radius 3 is 2.52 bits per heavy atom. The quantitative estimate of drug-likeness (QED) is 0.840. The van der Waals surface area contributed by atoms with Crippen molar-refractivity contribution in [2.75, 3.05) is 6.54 Å². The van der Waals surface area contributed by atoms with E-state index < -0.39 is 0 Å². The maximum atomic E-state index is 12.9. The number of carbonyl (C=O) groups is 1. The first-order chi connectivity index (χ1) is 11.8. The van der Waals surface area contributed by atoms with Crippen LogP contribution in [0.2, 0.25) is 5.02 Å². The summed E-state index contributed by atoms with van der Waals surface area (Å²) in [6.45, 7) is 8.69. The van der Waals surface area contributed by atoms with E-state index in [1.54, 1.807) is 0 Å². The fraction of sp³-hybridized carbons (Fsp3) is 0.500. The third-order valence-electron chi connectivity index (χ3n) is 5.11. The zero-order chi connectivity index (χ0) is 18.2. The lowest BCUT2D eigenvalue weighted by molar-refractivity contribution is -0.126. The van der Waals surface area contributed by atoms with Gasteiger partial charge in [0, 0.05) is 22.7 Å². The second-order valence-corrected chi connectivity index (χ2v) is 7.95. The molecule has 1 atom stereocenters. The van der Waals surface area contributed by atoms with E-state index in [4.69, 9.17) is 11.6 Å². The van der Waals surface area contributed by atoms with Crippen molar-refractivity contribution in [3.63, 3.8) is 0 Å². The van der Waals surface area contributed by atoms with Crippen molar-refractivity contribution in [3.8, 4) is 0 Å². The van der Waals surface area contributed by atoms with Gasteiger partial charge in [0.2, 0.25) is 5.91 Å². The molecule has 25 heavy (non-hydrogen) atoms. The SMILES string of the molecule is Cc1cc(C)n([C@@H](C(=O)NCC2(c3ccccc3Cl)CC2)C(C)C)n1. The summed E-state index contributed by atoms with van der Waals surface area (Å²) in [4.78, 5) is 12.9. The van der Waals surface area contributed by atoms with Gasteiger partial charge in [-0.2, -0.15) is 5.10 Å². The molecule has 1 fully saturated rings. The molecule has 1 N–H and O–H groups in total. The van der Waals surface area contributed by atoms with Crippen LogP contribution in [0.15, 0.2) is 30.3 Å². The van der Waals surface area contributed by atoms with Crippen LogP contribution in [-0.2, 0) is 10.2 Å². The minimum atomic E-state index is -0.296. The Bertz CT molecular complexity index is 777. The summed E-state index contributed by atoms with van der Waals surface area (Å²) in [7, 11) is 0. The summed E-state index contributed by atoms with van der Waals surface area (Å²) in [6.07, 6.45) is 2.12. The maximum Gasteiger partial charge on any atom is 0.245 e. The molecule has 5 heteroatoms. The molecule has 1 aliphatic carbocycles. The molecule has 0 spiro atoms. The number of amides is 1. The van der Waals surface area contributed by atoms with Crippen LogP contribution in [0, 0.1) is 19.8 Å². The van der Waals surface area contributed by atoms with Crippen LogP contribution in [0.5, 0.6) is 0 Å². The van der Waals surface area contributed by atoms with Gasteiger partial charge in [-0.1, -0.05) is 43.6 Å². The fourth-order valence-electron chi connectivity index (χ4n) is 3.57. The maximum absolute atomic E-state index is 12.9. The summed E-state index contributed by atoms with van der Waals surface area (Å²) in [5, 5.41) is 8.47. The van der Waals surface area contributed by atoms with E-state index in [0.717, 1.165) is 34.8 Å². The predicted octanol–water partition coefficient (Wildman–Crippen LogP) is 4.20. The van der Waals surface area contributed by atoms with Crippen LogP contribution < -0.4 is 5.32 Å². The number of hydrogen-bond donors (Lipinski definition) is 1. The summed E-state index contributed by atoms with van der Waals surface area (Å²) in [5.41, 5.74) is 3.08. The van der Waals surface area contributed by atoms with E-state index in [-0.39, 0.29) is 23.3 Å². The monoisotopic (exact) mass is 359 g/mol. The number of rotatable bonds is 6.